The number of hydrogen-bond donors (Lipinski definition) is 0. The number of rotatable bonds is 4. The second kappa shape index (κ2) is 5.09. The molecule has 0 N–H and O–H groups in total. The van der Waals surface area contributed by atoms with Gasteiger partial charge in [0, 0.05) is 24.0 Å². The third kappa shape index (κ3) is 2.66. The van der Waals surface area contributed by atoms with Gasteiger partial charge in [-0.25, -0.2) is 0 Å². The van der Waals surface area contributed by atoms with Crippen LogP contribution in [0.3, 0.4) is 0 Å². The van der Waals surface area contributed by atoms with Gasteiger partial charge in [-0.1, -0.05) is 25.4 Å². The fraction of sp³-hybridized carbons (Fsp3) is 0.467. The number of pyridine rings is 1. The number of hydrogen-bond acceptors (Lipinski definition) is 2. The molecule has 1 saturated carbocycles. The van der Waals surface area contributed by atoms with Crippen molar-refractivity contribution >= 4 is 11.6 Å². The lowest BCUT2D eigenvalue weighted by molar-refractivity contribution is 0.626. The Hall–Kier alpha value is -1.55. The second-order valence-electron chi connectivity index (χ2n) is 5.84. The number of aromatic nitrogens is 3. The molecule has 4 nitrogen and oxygen atoms in total. The van der Waals surface area contributed by atoms with Gasteiger partial charge in [0.2, 0.25) is 0 Å². The standard InChI is InChI=1S/C15H18ClN3O/c1-10(2)7-11-8-12(16)9-18(15(11)20)14-5-6-19(17-14)13-3-4-13/h5-6,8-10,13H,3-4,7H2,1-2H3. The van der Waals surface area contributed by atoms with Crippen LogP contribution in [0.25, 0.3) is 5.82 Å². The molecule has 1 fully saturated rings. The average Bonchev–Trinajstić information content (AvgIpc) is 3.11. The summed E-state index contributed by atoms with van der Waals surface area (Å²) in [5, 5.41) is 5.06. The molecule has 0 bridgehead atoms. The van der Waals surface area contributed by atoms with Crippen LogP contribution in [0, 0.1) is 5.92 Å². The summed E-state index contributed by atoms with van der Waals surface area (Å²) in [6.45, 7) is 4.18. The Bertz CT molecular complexity index is 683. The van der Waals surface area contributed by atoms with Gasteiger partial charge < -0.3 is 0 Å². The first-order valence-electron chi connectivity index (χ1n) is 7.01. The normalized spacial score (nSPS) is 15.0. The monoisotopic (exact) mass is 291 g/mol. The Morgan fingerprint density at radius 1 is 1.45 bits per heavy atom. The molecule has 0 saturated heterocycles. The second-order valence-corrected chi connectivity index (χ2v) is 6.28. The van der Waals surface area contributed by atoms with Crippen LogP contribution in [-0.2, 0) is 6.42 Å². The first-order valence-corrected chi connectivity index (χ1v) is 7.39. The van der Waals surface area contributed by atoms with Gasteiger partial charge >= 0.3 is 0 Å². The maximum atomic E-state index is 12.5. The van der Waals surface area contributed by atoms with Crippen molar-refractivity contribution < 1.29 is 0 Å². The highest BCUT2D eigenvalue weighted by Crippen LogP contribution is 2.34. The summed E-state index contributed by atoms with van der Waals surface area (Å²) in [5.41, 5.74) is 0.720. The van der Waals surface area contributed by atoms with E-state index in [0.717, 1.165) is 12.0 Å². The van der Waals surface area contributed by atoms with Gasteiger partial charge in [-0.3, -0.25) is 14.0 Å². The van der Waals surface area contributed by atoms with E-state index in [1.807, 2.05) is 16.9 Å². The maximum Gasteiger partial charge on any atom is 0.259 e. The predicted molar refractivity (Wildman–Crippen MR) is 79.6 cm³/mol. The van der Waals surface area contributed by atoms with Gasteiger partial charge in [0.1, 0.15) is 0 Å². The van der Waals surface area contributed by atoms with Gasteiger partial charge in [-0.05, 0) is 31.2 Å². The predicted octanol–water partition coefficient (Wildman–Crippen LogP) is 3.22. The first-order chi connectivity index (χ1) is 9.54. The highest BCUT2D eigenvalue weighted by atomic mass is 35.5. The van der Waals surface area contributed by atoms with Crippen LogP contribution in [0.4, 0.5) is 0 Å². The quantitative estimate of drug-likeness (QED) is 0.868. The molecule has 1 aliphatic rings. The molecule has 3 rings (SSSR count). The third-order valence-corrected chi connectivity index (χ3v) is 3.65. The molecule has 106 valence electrons. The van der Waals surface area contributed by atoms with Crippen molar-refractivity contribution in [2.45, 2.75) is 39.2 Å². The summed E-state index contributed by atoms with van der Waals surface area (Å²) in [5.74, 6) is 1.06. The molecule has 2 heterocycles. The van der Waals surface area contributed by atoms with E-state index in [2.05, 4.69) is 18.9 Å². The van der Waals surface area contributed by atoms with Crippen molar-refractivity contribution in [2.24, 2.45) is 5.92 Å². The van der Waals surface area contributed by atoms with Gasteiger partial charge in [0.05, 0.1) is 11.1 Å². The van der Waals surface area contributed by atoms with Crippen molar-refractivity contribution in [3.8, 4) is 5.82 Å². The first kappa shape index (κ1) is 13.4. The van der Waals surface area contributed by atoms with E-state index in [1.54, 1.807) is 16.8 Å². The van der Waals surface area contributed by atoms with Crippen LogP contribution in [0.2, 0.25) is 5.02 Å². The van der Waals surface area contributed by atoms with Crippen molar-refractivity contribution in [1.82, 2.24) is 14.3 Å². The van der Waals surface area contributed by atoms with Crippen molar-refractivity contribution in [3.63, 3.8) is 0 Å². The number of halogens is 1. The van der Waals surface area contributed by atoms with Crippen LogP contribution in [0.1, 0.15) is 38.3 Å². The summed E-state index contributed by atoms with van der Waals surface area (Å²) in [7, 11) is 0. The Kier molecular flexibility index (Phi) is 3.42. The fourth-order valence-electron chi connectivity index (χ4n) is 2.36. The van der Waals surface area contributed by atoms with Crippen molar-refractivity contribution in [2.75, 3.05) is 0 Å². The highest BCUT2D eigenvalue weighted by molar-refractivity contribution is 6.30. The fourth-order valence-corrected chi connectivity index (χ4v) is 2.59. The molecule has 0 atom stereocenters. The highest BCUT2D eigenvalue weighted by Gasteiger charge is 2.24. The summed E-state index contributed by atoms with van der Waals surface area (Å²) >= 11 is 6.14. The van der Waals surface area contributed by atoms with E-state index < -0.39 is 0 Å². The van der Waals surface area contributed by atoms with Gasteiger partial charge in [0.25, 0.3) is 5.56 Å². The molecule has 0 amide bonds. The minimum Gasteiger partial charge on any atom is -0.269 e. The molecule has 1 aliphatic carbocycles. The molecule has 0 spiro atoms. The molecular formula is C15H18ClN3O. The molecule has 0 unspecified atom stereocenters. The molecule has 2 aromatic rings. The summed E-state index contributed by atoms with van der Waals surface area (Å²) < 4.78 is 3.49. The minimum atomic E-state index is -0.0239. The Balaban J connectivity index is 2.02. The molecule has 0 aromatic carbocycles. The summed E-state index contributed by atoms with van der Waals surface area (Å²) in [6, 6.07) is 4.14. The molecule has 0 aliphatic heterocycles. The van der Waals surface area contributed by atoms with Gasteiger partial charge in [0.15, 0.2) is 5.82 Å². The van der Waals surface area contributed by atoms with Gasteiger partial charge in [-0.15, -0.1) is 0 Å². The SMILES string of the molecule is CC(C)Cc1cc(Cl)cn(-c2ccn(C3CC3)n2)c1=O. The zero-order valence-corrected chi connectivity index (χ0v) is 12.5. The van der Waals surface area contributed by atoms with E-state index in [-0.39, 0.29) is 5.56 Å². The third-order valence-electron chi connectivity index (χ3n) is 3.45. The zero-order chi connectivity index (χ0) is 14.3. The summed E-state index contributed by atoms with van der Waals surface area (Å²) in [4.78, 5) is 12.5. The molecule has 2 aromatic heterocycles. The van der Waals surface area contributed by atoms with E-state index in [1.165, 1.54) is 12.8 Å². The Morgan fingerprint density at radius 3 is 2.85 bits per heavy atom. The van der Waals surface area contributed by atoms with Crippen LogP contribution in [-0.4, -0.2) is 14.3 Å². The largest absolute Gasteiger partial charge is 0.269 e. The Labute approximate surface area is 123 Å². The van der Waals surface area contributed by atoms with E-state index in [9.17, 15) is 4.79 Å². The lowest BCUT2D eigenvalue weighted by Gasteiger charge is -2.09. The zero-order valence-electron chi connectivity index (χ0n) is 11.7. The number of nitrogens with zero attached hydrogens (tertiary/aromatic N) is 3. The van der Waals surface area contributed by atoms with Gasteiger partial charge in [-0.2, -0.15) is 5.10 Å². The van der Waals surface area contributed by atoms with Crippen LogP contribution < -0.4 is 5.56 Å². The summed E-state index contributed by atoms with van der Waals surface area (Å²) in [6.07, 6.45) is 6.65. The topological polar surface area (TPSA) is 39.8 Å². The van der Waals surface area contributed by atoms with Crippen molar-refractivity contribution in [1.29, 1.82) is 0 Å². The maximum absolute atomic E-state index is 12.5. The van der Waals surface area contributed by atoms with E-state index in [0.29, 0.717) is 22.8 Å². The van der Waals surface area contributed by atoms with E-state index in [4.69, 9.17) is 11.6 Å². The minimum absolute atomic E-state index is 0.0239. The Morgan fingerprint density at radius 2 is 2.20 bits per heavy atom. The molecule has 0 radical (unpaired) electrons. The van der Waals surface area contributed by atoms with E-state index >= 15 is 0 Å². The molecule has 5 heteroatoms. The molecule has 20 heavy (non-hydrogen) atoms. The smallest absolute Gasteiger partial charge is 0.259 e. The van der Waals surface area contributed by atoms with Crippen molar-refractivity contribution in [3.05, 3.63) is 45.5 Å². The van der Waals surface area contributed by atoms with Crippen LogP contribution in [0.5, 0.6) is 0 Å². The van der Waals surface area contributed by atoms with Crippen LogP contribution >= 0.6 is 11.6 Å². The lowest BCUT2D eigenvalue weighted by atomic mass is 10.0. The average molecular weight is 292 g/mol. The van der Waals surface area contributed by atoms with Crippen LogP contribution in [0.15, 0.2) is 29.3 Å². The lowest BCUT2D eigenvalue weighted by Crippen LogP contribution is -2.23. The molecular weight excluding hydrogens is 274 g/mol.